The molecular formula is C17H24ClNO4. The summed E-state index contributed by atoms with van der Waals surface area (Å²) in [5.41, 5.74) is 0.498. The van der Waals surface area contributed by atoms with Crippen molar-refractivity contribution in [1.82, 2.24) is 4.90 Å². The smallest absolute Gasteiger partial charge is 0.254 e. The van der Waals surface area contributed by atoms with Gasteiger partial charge < -0.3 is 19.1 Å². The van der Waals surface area contributed by atoms with Crippen molar-refractivity contribution in [2.45, 2.75) is 26.9 Å². The number of morpholine rings is 1. The van der Waals surface area contributed by atoms with E-state index in [-0.39, 0.29) is 12.0 Å². The third-order valence-corrected chi connectivity index (χ3v) is 3.85. The fourth-order valence-electron chi connectivity index (χ4n) is 2.42. The molecule has 1 atom stereocenters. The Morgan fingerprint density at radius 1 is 1.48 bits per heavy atom. The van der Waals surface area contributed by atoms with Crippen molar-refractivity contribution in [1.29, 1.82) is 0 Å². The second-order valence-electron chi connectivity index (χ2n) is 6.13. The normalized spacial score (nSPS) is 18.2. The number of ether oxygens (including phenoxy) is 3. The van der Waals surface area contributed by atoms with Crippen LogP contribution in [0.1, 0.15) is 31.1 Å². The largest absolute Gasteiger partial charge is 0.493 e. The summed E-state index contributed by atoms with van der Waals surface area (Å²) in [6.07, 6.45) is 0.0405. The minimum absolute atomic E-state index is 0.0405. The number of benzene rings is 1. The Labute approximate surface area is 142 Å². The van der Waals surface area contributed by atoms with Crippen LogP contribution in [0.3, 0.4) is 0 Å². The topological polar surface area (TPSA) is 48.0 Å². The molecule has 1 aromatic rings. The van der Waals surface area contributed by atoms with Crippen LogP contribution >= 0.6 is 11.6 Å². The van der Waals surface area contributed by atoms with Crippen LogP contribution in [0.15, 0.2) is 12.1 Å². The number of carbonyl (C=O) groups is 1. The van der Waals surface area contributed by atoms with Crippen LogP contribution in [0, 0.1) is 5.92 Å². The molecule has 0 aliphatic carbocycles. The number of hydrogen-bond acceptors (Lipinski definition) is 4. The summed E-state index contributed by atoms with van der Waals surface area (Å²) in [6.45, 7) is 8.29. The predicted octanol–water partition coefficient (Wildman–Crippen LogP) is 3.24. The van der Waals surface area contributed by atoms with Gasteiger partial charge in [-0.2, -0.15) is 0 Å². The number of methoxy groups -OCH3 is 1. The molecule has 1 unspecified atom stereocenters. The van der Waals surface area contributed by atoms with Crippen molar-refractivity contribution in [2.24, 2.45) is 5.92 Å². The zero-order chi connectivity index (χ0) is 17.0. The van der Waals surface area contributed by atoms with E-state index in [0.717, 1.165) is 0 Å². The highest BCUT2D eigenvalue weighted by Gasteiger charge is 2.24. The zero-order valence-electron chi connectivity index (χ0n) is 14.1. The lowest BCUT2D eigenvalue weighted by Crippen LogP contribution is -2.44. The van der Waals surface area contributed by atoms with Crippen molar-refractivity contribution in [2.75, 3.05) is 33.4 Å². The van der Waals surface area contributed by atoms with Crippen molar-refractivity contribution >= 4 is 17.5 Å². The van der Waals surface area contributed by atoms with Crippen molar-refractivity contribution in [3.8, 4) is 11.5 Å². The molecule has 1 aliphatic rings. The number of hydrogen-bond donors (Lipinski definition) is 0. The molecule has 0 spiro atoms. The van der Waals surface area contributed by atoms with E-state index in [9.17, 15) is 4.79 Å². The quantitative estimate of drug-likeness (QED) is 0.825. The summed E-state index contributed by atoms with van der Waals surface area (Å²) in [4.78, 5) is 14.4. The summed E-state index contributed by atoms with van der Waals surface area (Å²) < 4.78 is 16.5. The number of amides is 1. The Balaban J connectivity index is 2.22. The lowest BCUT2D eigenvalue weighted by Gasteiger charge is -2.31. The molecule has 1 aliphatic heterocycles. The highest BCUT2D eigenvalue weighted by molar-refractivity contribution is 6.32. The number of nitrogens with zero attached hydrogens (tertiary/aromatic N) is 1. The molecule has 6 heteroatoms. The van der Waals surface area contributed by atoms with Gasteiger partial charge in [-0.3, -0.25) is 4.79 Å². The van der Waals surface area contributed by atoms with Crippen LogP contribution in [-0.2, 0) is 4.74 Å². The van der Waals surface area contributed by atoms with Gasteiger partial charge in [0.2, 0.25) is 0 Å². The van der Waals surface area contributed by atoms with Crippen molar-refractivity contribution in [3.05, 3.63) is 22.7 Å². The molecule has 1 amide bonds. The molecule has 0 bridgehead atoms. The minimum atomic E-state index is -0.0734. The van der Waals surface area contributed by atoms with Gasteiger partial charge in [0.15, 0.2) is 11.5 Å². The molecule has 1 saturated heterocycles. The zero-order valence-corrected chi connectivity index (χ0v) is 14.9. The first kappa shape index (κ1) is 17.9. The van der Waals surface area contributed by atoms with Gasteiger partial charge in [-0.05, 0) is 25.0 Å². The molecule has 1 heterocycles. The SMILES string of the molecule is COc1cc(C(=O)N2CCOC(C)C2)cc(Cl)c1OCC(C)C. The Kier molecular flexibility index (Phi) is 6.13. The molecule has 0 radical (unpaired) electrons. The van der Waals surface area contributed by atoms with E-state index in [1.807, 2.05) is 6.92 Å². The van der Waals surface area contributed by atoms with E-state index >= 15 is 0 Å². The first-order valence-electron chi connectivity index (χ1n) is 7.83. The maximum absolute atomic E-state index is 12.7. The second kappa shape index (κ2) is 7.88. The Bertz CT molecular complexity index is 562. The Morgan fingerprint density at radius 2 is 2.22 bits per heavy atom. The van der Waals surface area contributed by atoms with Gasteiger partial charge in [0, 0.05) is 18.7 Å². The Morgan fingerprint density at radius 3 is 2.83 bits per heavy atom. The maximum Gasteiger partial charge on any atom is 0.254 e. The lowest BCUT2D eigenvalue weighted by atomic mass is 10.1. The minimum Gasteiger partial charge on any atom is -0.493 e. The first-order valence-corrected chi connectivity index (χ1v) is 8.21. The summed E-state index contributed by atoms with van der Waals surface area (Å²) >= 11 is 6.31. The summed E-state index contributed by atoms with van der Waals surface area (Å²) in [5, 5.41) is 0.384. The average Bonchev–Trinajstić information content (AvgIpc) is 2.52. The molecule has 128 valence electrons. The van der Waals surface area contributed by atoms with Gasteiger partial charge in [0.05, 0.1) is 31.5 Å². The molecule has 2 rings (SSSR count). The standard InChI is InChI=1S/C17H24ClNO4/c1-11(2)10-23-16-14(18)7-13(8-15(16)21-4)17(20)19-5-6-22-12(3)9-19/h7-8,11-12H,5-6,9-10H2,1-4H3. The van der Waals surface area contributed by atoms with Gasteiger partial charge in [-0.25, -0.2) is 0 Å². The molecule has 0 N–H and O–H groups in total. The number of rotatable bonds is 5. The van der Waals surface area contributed by atoms with E-state index in [0.29, 0.717) is 54.3 Å². The van der Waals surface area contributed by atoms with E-state index in [1.165, 1.54) is 0 Å². The summed E-state index contributed by atoms with van der Waals surface area (Å²) in [6, 6.07) is 3.33. The summed E-state index contributed by atoms with van der Waals surface area (Å²) in [5.74, 6) is 1.25. The lowest BCUT2D eigenvalue weighted by molar-refractivity contribution is -0.0124. The predicted molar refractivity (Wildman–Crippen MR) is 89.7 cm³/mol. The Hall–Kier alpha value is -1.46. The van der Waals surface area contributed by atoms with Gasteiger partial charge in [0.25, 0.3) is 5.91 Å². The molecule has 5 nitrogen and oxygen atoms in total. The van der Waals surface area contributed by atoms with E-state index in [1.54, 1.807) is 24.1 Å². The monoisotopic (exact) mass is 341 g/mol. The van der Waals surface area contributed by atoms with Crippen molar-refractivity contribution in [3.63, 3.8) is 0 Å². The highest BCUT2D eigenvalue weighted by atomic mass is 35.5. The summed E-state index contributed by atoms with van der Waals surface area (Å²) in [7, 11) is 1.54. The van der Waals surface area contributed by atoms with Gasteiger partial charge in [-0.1, -0.05) is 25.4 Å². The highest BCUT2D eigenvalue weighted by Crippen LogP contribution is 2.37. The van der Waals surface area contributed by atoms with Crippen LogP contribution < -0.4 is 9.47 Å². The molecule has 0 aromatic heterocycles. The van der Waals surface area contributed by atoms with Crippen LogP contribution in [0.25, 0.3) is 0 Å². The molecular weight excluding hydrogens is 318 g/mol. The van der Waals surface area contributed by atoms with Gasteiger partial charge in [-0.15, -0.1) is 0 Å². The third kappa shape index (κ3) is 4.52. The van der Waals surface area contributed by atoms with Crippen LogP contribution in [0.5, 0.6) is 11.5 Å². The van der Waals surface area contributed by atoms with E-state index < -0.39 is 0 Å². The van der Waals surface area contributed by atoms with Crippen molar-refractivity contribution < 1.29 is 19.0 Å². The first-order chi connectivity index (χ1) is 10.9. The van der Waals surface area contributed by atoms with Crippen LogP contribution in [0.2, 0.25) is 5.02 Å². The third-order valence-electron chi connectivity index (χ3n) is 3.57. The van der Waals surface area contributed by atoms with Crippen LogP contribution in [-0.4, -0.2) is 50.3 Å². The number of halogens is 1. The fraction of sp³-hybridized carbons (Fsp3) is 0.588. The number of carbonyl (C=O) groups excluding carboxylic acids is 1. The van der Waals surface area contributed by atoms with E-state index in [4.69, 9.17) is 25.8 Å². The second-order valence-corrected chi connectivity index (χ2v) is 6.53. The van der Waals surface area contributed by atoms with Gasteiger partial charge in [0.1, 0.15) is 0 Å². The fourth-order valence-corrected chi connectivity index (χ4v) is 2.68. The maximum atomic E-state index is 12.7. The molecule has 23 heavy (non-hydrogen) atoms. The van der Waals surface area contributed by atoms with Gasteiger partial charge >= 0.3 is 0 Å². The average molecular weight is 342 g/mol. The molecule has 0 saturated carbocycles. The van der Waals surface area contributed by atoms with E-state index in [2.05, 4.69) is 13.8 Å². The van der Waals surface area contributed by atoms with Crippen LogP contribution in [0.4, 0.5) is 0 Å². The molecule has 1 aromatic carbocycles. The molecule has 1 fully saturated rings.